The van der Waals surface area contributed by atoms with Crippen molar-refractivity contribution < 1.29 is 4.92 Å². The first-order valence-corrected chi connectivity index (χ1v) is 5.04. The molecule has 0 fully saturated rings. The van der Waals surface area contributed by atoms with Crippen LogP contribution in [0.25, 0.3) is 0 Å². The summed E-state index contributed by atoms with van der Waals surface area (Å²) in [4.78, 5) is 14.1. The summed E-state index contributed by atoms with van der Waals surface area (Å²) in [6.45, 7) is 1.82. The van der Waals surface area contributed by atoms with Gasteiger partial charge < -0.3 is 5.32 Å². The molecule has 2 N–H and O–H groups in total. The lowest BCUT2D eigenvalue weighted by Gasteiger charge is -2.02. The largest absolute Gasteiger partial charge is 0.318 e. The van der Waals surface area contributed by atoms with E-state index in [0.717, 1.165) is 5.69 Å². The predicted octanol–water partition coefficient (Wildman–Crippen LogP) is 2.42. The first-order chi connectivity index (χ1) is 8.06. The average molecular weight is 254 g/mol. The molecule has 0 saturated heterocycles. The topological polar surface area (TPSA) is 96.7 Å². The smallest absolute Gasteiger partial charge is 0.311 e. The van der Waals surface area contributed by atoms with E-state index in [2.05, 4.69) is 20.5 Å². The van der Waals surface area contributed by atoms with E-state index in [4.69, 9.17) is 11.6 Å². The number of aromatic amines is 1. The Morgan fingerprint density at radius 3 is 2.88 bits per heavy atom. The van der Waals surface area contributed by atoms with Crippen LogP contribution in [0, 0.1) is 17.0 Å². The van der Waals surface area contributed by atoms with Gasteiger partial charge in [0, 0.05) is 17.8 Å². The van der Waals surface area contributed by atoms with Crippen LogP contribution in [0.15, 0.2) is 18.2 Å². The van der Waals surface area contributed by atoms with E-state index in [9.17, 15) is 10.1 Å². The van der Waals surface area contributed by atoms with Gasteiger partial charge in [-0.15, -0.1) is 0 Å². The number of pyridine rings is 1. The van der Waals surface area contributed by atoms with Gasteiger partial charge in [-0.3, -0.25) is 15.2 Å². The number of nitro groups is 1. The summed E-state index contributed by atoms with van der Waals surface area (Å²) in [5.41, 5.74) is 0.673. The number of hydrogen-bond donors (Lipinski definition) is 2. The van der Waals surface area contributed by atoms with Crippen LogP contribution in [0.4, 0.5) is 17.3 Å². The molecule has 0 amide bonds. The van der Waals surface area contributed by atoms with E-state index in [1.165, 1.54) is 12.1 Å². The van der Waals surface area contributed by atoms with Gasteiger partial charge in [0.15, 0.2) is 5.82 Å². The first-order valence-electron chi connectivity index (χ1n) is 4.66. The first kappa shape index (κ1) is 11.3. The molecule has 17 heavy (non-hydrogen) atoms. The minimum Gasteiger partial charge on any atom is -0.318 e. The van der Waals surface area contributed by atoms with Crippen molar-refractivity contribution in [3.05, 3.63) is 39.2 Å². The van der Waals surface area contributed by atoms with Crippen LogP contribution in [-0.4, -0.2) is 20.1 Å². The molecular weight excluding hydrogens is 246 g/mol. The summed E-state index contributed by atoms with van der Waals surface area (Å²) in [5.74, 6) is 0.509. The fourth-order valence-corrected chi connectivity index (χ4v) is 1.42. The molecule has 0 radical (unpaired) electrons. The van der Waals surface area contributed by atoms with Crippen molar-refractivity contribution in [3.8, 4) is 0 Å². The molecule has 0 bridgehead atoms. The van der Waals surface area contributed by atoms with Crippen LogP contribution in [0.1, 0.15) is 5.69 Å². The van der Waals surface area contributed by atoms with Crippen molar-refractivity contribution >= 4 is 28.9 Å². The van der Waals surface area contributed by atoms with E-state index in [-0.39, 0.29) is 16.7 Å². The quantitative estimate of drug-likeness (QED) is 0.497. The van der Waals surface area contributed by atoms with Crippen molar-refractivity contribution in [2.24, 2.45) is 0 Å². The van der Waals surface area contributed by atoms with Crippen LogP contribution in [0.3, 0.4) is 0 Å². The summed E-state index contributed by atoms with van der Waals surface area (Å²) in [5, 5.41) is 20.3. The lowest BCUT2D eigenvalue weighted by atomic mass is 10.4. The summed E-state index contributed by atoms with van der Waals surface area (Å²) in [7, 11) is 0. The van der Waals surface area contributed by atoms with Crippen molar-refractivity contribution in [1.82, 2.24) is 15.2 Å². The van der Waals surface area contributed by atoms with Crippen LogP contribution >= 0.6 is 11.6 Å². The van der Waals surface area contributed by atoms with Gasteiger partial charge >= 0.3 is 5.69 Å². The number of rotatable bonds is 3. The molecule has 2 heterocycles. The maximum atomic E-state index is 10.8. The number of hydrogen-bond acceptors (Lipinski definition) is 5. The molecule has 88 valence electrons. The molecule has 0 aliphatic rings. The lowest BCUT2D eigenvalue weighted by Crippen LogP contribution is -2.00. The Bertz CT molecular complexity index is 568. The Hall–Kier alpha value is -2.15. The monoisotopic (exact) mass is 253 g/mol. The maximum Gasteiger partial charge on any atom is 0.311 e. The van der Waals surface area contributed by atoms with Gasteiger partial charge in [0.25, 0.3) is 0 Å². The number of halogens is 1. The number of aryl methyl sites for hydroxylation is 1. The Labute approximate surface area is 101 Å². The van der Waals surface area contributed by atoms with Gasteiger partial charge in [-0.2, -0.15) is 5.10 Å². The Morgan fingerprint density at radius 1 is 1.53 bits per heavy atom. The molecule has 0 atom stereocenters. The molecule has 0 aliphatic carbocycles. The molecule has 0 aliphatic heterocycles. The summed E-state index contributed by atoms with van der Waals surface area (Å²) >= 11 is 5.69. The number of anilines is 2. The molecule has 8 heteroatoms. The molecule has 2 aromatic heterocycles. The van der Waals surface area contributed by atoms with Crippen LogP contribution in [-0.2, 0) is 0 Å². The van der Waals surface area contributed by atoms with Crippen LogP contribution in [0.5, 0.6) is 0 Å². The van der Waals surface area contributed by atoms with Gasteiger partial charge in [0.2, 0.25) is 5.82 Å². The zero-order valence-corrected chi connectivity index (χ0v) is 9.52. The van der Waals surface area contributed by atoms with E-state index in [0.29, 0.717) is 5.82 Å². The number of nitrogens with one attached hydrogen (secondary N) is 2. The lowest BCUT2D eigenvalue weighted by molar-refractivity contribution is -0.384. The Kier molecular flexibility index (Phi) is 2.92. The number of aromatic nitrogens is 3. The van der Waals surface area contributed by atoms with Gasteiger partial charge in [-0.1, -0.05) is 11.6 Å². The van der Waals surface area contributed by atoms with E-state index >= 15 is 0 Å². The molecule has 0 saturated carbocycles. The molecule has 0 unspecified atom stereocenters. The van der Waals surface area contributed by atoms with Crippen molar-refractivity contribution in [2.75, 3.05) is 5.32 Å². The van der Waals surface area contributed by atoms with E-state index < -0.39 is 4.92 Å². The number of H-pyrrole nitrogens is 1. The summed E-state index contributed by atoms with van der Waals surface area (Å²) in [6.07, 6.45) is 0. The normalized spacial score (nSPS) is 10.2. The van der Waals surface area contributed by atoms with Gasteiger partial charge in [-0.25, -0.2) is 4.98 Å². The second kappa shape index (κ2) is 4.38. The Balaban J connectivity index is 2.37. The molecule has 0 aromatic carbocycles. The highest BCUT2D eigenvalue weighted by Crippen LogP contribution is 2.26. The third-order valence-corrected chi connectivity index (χ3v) is 2.20. The van der Waals surface area contributed by atoms with Gasteiger partial charge in [0.05, 0.1) is 4.92 Å². The predicted molar refractivity (Wildman–Crippen MR) is 62.5 cm³/mol. The Morgan fingerprint density at radius 2 is 2.29 bits per heavy atom. The fraction of sp³-hybridized carbons (Fsp3) is 0.111. The second-order valence-electron chi connectivity index (χ2n) is 3.32. The molecular formula is C9H8ClN5O2. The van der Waals surface area contributed by atoms with Gasteiger partial charge in [0.1, 0.15) is 5.15 Å². The van der Waals surface area contributed by atoms with Crippen molar-refractivity contribution in [1.29, 1.82) is 0 Å². The summed E-state index contributed by atoms with van der Waals surface area (Å²) in [6, 6.07) is 4.35. The van der Waals surface area contributed by atoms with Crippen LogP contribution in [0.2, 0.25) is 5.15 Å². The molecule has 7 nitrogen and oxygen atoms in total. The minimum absolute atomic E-state index is 0.0639. The maximum absolute atomic E-state index is 10.8. The highest BCUT2D eigenvalue weighted by Gasteiger charge is 2.16. The zero-order valence-electron chi connectivity index (χ0n) is 8.77. The molecule has 2 aromatic rings. The number of nitrogens with zero attached hydrogens (tertiary/aromatic N) is 3. The van der Waals surface area contributed by atoms with Crippen LogP contribution < -0.4 is 5.32 Å². The van der Waals surface area contributed by atoms with E-state index in [1.54, 1.807) is 6.07 Å². The van der Waals surface area contributed by atoms with Crippen molar-refractivity contribution in [3.63, 3.8) is 0 Å². The fourth-order valence-electron chi connectivity index (χ4n) is 1.27. The molecule has 0 spiro atoms. The minimum atomic E-state index is -0.537. The highest BCUT2D eigenvalue weighted by atomic mass is 35.5. The third kappa shape index (κ3) is 2.51. The van der Waals surface area contributed by atoms with Crippen molar-refractivity contribution in [2.45, 2.75) is 6.92 Å². The SMILES string of the molecule is Cc1cc(Nc2nc(Cl)ccc2[N+](=O)[O-])n[nH]1. The standard InChI is InChI=1S/C9H8ClN5O2/c1-5-4-8(14-13-5)12-9-6(15(16)17)2-3-7(10)11-9/h2-4H,1H3,(H2,11,12,13,14). The van der Waals surface area contributed by atoms with E-state index in [1.807, 2.05) is 6.92 Å². The average Bonchev–Trinajstić information content (AvgIpc) is 2.63. The molecule has 2 rings (SSSR count). The highest BCUT2D eigenvalue weighted by molar-refractivity contribution is 6.29. The third-order valence-electron chi connectivity index (χ3n) is 1.99. The zero-order chi connectivity index (χ0) is 12.4. The second-order valence-corrected chi connectivity index (χ2v) is 3.71. The summed E-state index contributed by atoms with van der Waals surface area (Å²) < 4.78 is 0. The van der Waals surface area contributed by atoms with Gasteiger partial charge in [-0.05, 0) is 13.0 Å².